The highest BCUT2D eigenvalue weighted by Crippen LogP contribution is 2.34. The molecule has 0 saturated carbocycles. The number of benzene rings is 2. The number of methoxy groups -OCH3 is 2. The van der Waals surface area contributed by atoms with Gasteiger partial charge in [-0.2, -0.15) is 0 Å². The van der Waals surface area contributed by atoms with Crippen molar-refractivity contribution in [2.75, 3.05) is 27.3 Å². The number of carbonyl (C=O) groups is 4. The molecule has 7 rings (SSSR count). The second kappa shape index (κ2) is 15.4. The molecule has 4 amide bonds. The Bertz CT molecular complexity index is 2180. The number of hydrogen-bond acceptors (Lipinski definition) is 9. The number of alkyl carbamates (subject to hydrolysis) is 2. The van der Waals surface area contributed by atoms with Gasteiger partial charge < -0.3 is 39.9 Å². The first-order valence-corrected chi connectivity index (χ1v) is 18.0. The molecule has 0 unspecified atom stereocenters. The summed E-state index contributed by atoms with van der Waals surface area (Å²) in [5.74, 6) is 1.06. The van der Waals surface area contributed by atoms with E-state index in [-0.39, 0.29) is 23.9 Å². The average molecular weight is 734 g/mol. The summed E-state index contributed by atoms with van der Waals surface area (Å²) in [5, 5.41) is 6.09. The molecule has 5 heterocycles. The van der Waals surface area contributed by atoms with Crippen LogP contribution < -0.4 is 10.6 Å². The van der Waals surface area contributed by atoms with E-state index in [0.29, 0.717) is 24.7 Å². The van der Waals surface area contributed by atoms with Crippen molar-refractivity contribution >= 4 is 34.9 Å². The van der Waals surface area contributed by atoms with Crippen LogP contribution >= 0.6 is 0 Å². The monoisotopic (exact) mass is 733 g/mol. The first-order valence-electron chi connectivity index (χ1n) is 18.0. The predicted octanol–water partition coefficient (Wildman–Crippen LogP) is 5.50. The number of fused-ring (bicyclic) bond motifs is 1. The number of hydrogen-bond donors (Lipinski definition) is 4. The number of carbonyl (C=O) groups excluding carboxylic acids is 4. The topological polar surface area (TPSA) is 188 Å². The SMILES string of the molecule is COC(=O)N[C@@H](C)C(=O)N1CCC[C@H]1c1ncc(-c2ccc3nc(-c4ccc(-c5cnc([C@@H]6CCCN6C(=O)[C@@H](C)NC(=O)OC)[nH]5)cc4)ccc3c2)[nH]1. The standard InChI is InChI=1S/C39H43N9O6/c1-22(42-38(51)53-3)36(49)47-17-5-7-32(47)34-40-20-30(45-34)25-11-9-24(10-12-25)28-15-13-26-19-27(14-16-29(26)44-28)31-21-41-35(46-31)33-8-6-18-48(33)37(50)23(2)43-39(52)54-4/h9-16,19-23,32-33H,5-8,17-18H2,1-4H3,(H,40,45)(H,41,46)(H,42,51)(H,43,52)/t22-,23+,32+,33+/m1/s1. The minimum absolute atomic E-state index is 0.177. The molecule has 5 aromatic rings. The summed E-state index contributed by atoms with van der Waals surface area (Å²) in [7, 11) is 2.54. The Balaban J connectivity index is 1.02. The smallest absolute Gasteiger partial charge is 0.407 e. The van der Waals surface area contributed by atoms with Gasteiger partial charge in [-0.3, -0.25) is 9.59 Å². The van der Waals surface area contributed by atoms with Crippen LogP contribution in [-0.2, 0) is 19.1 Å². The molecule has 280 valence electrons. The van der Waals surface area contributed by atoms with Gasteiger partial charge >= 0.3 is 12.2 Å². The van der Waals surface area contributed by atoms with Crippen LogP contribution in [0.1, 0.15) is 63.3 Å². The summed E-state index contributed by atoms with van der Waals surface area (Å²) < 4.78 is 9.29. The molecule has 54 heavy (non-hydrogen) atoms. The fraction of sp³-hybridized carbons (Fsp3) is 0.359. The van der Waals surface area contributed by atoms with E-state index in [1.165, 1.54) is 14.2 Å². The van der Waals surface area contributed by atoms with Gasteiger partial charge in [-0.1, -0.05) is 36.4 Å². The molecule has 2 aliphatic heterocycles. The number of rotatable bonds is 9. The zero-order chi connectivity index (χ0) is 37.9. The van der Waals surface area contributed by atoms with Crippen LogP contribution in [0.5, 0.6) is 0 Å². The second-order valence-corrected chi connectivity index (χ2v) is 13.6. The van der Waals surface area contributed by atoms with E-state index in [1.807, 2.05) is 42.5 Å². The van der Waals surface area contributed by atoms with Crippen molar-refractivity contribution in [1.82, 2.24) is 45.4 Å². The van der Waals surface area contributed by atoms with Crippen LogP contribution in [0.15, 0.2) is 67.0 Å². The third-order valence-corrected chi connectivity index (χ3v) is 10.2. The third kappa shape index (κ3) is 7.34. The lowest BCUT2D eigenvalue weighted by Gasteiger charge is -2.26. The number of nitrogens with one attached hydrogen (secondary N) is 4. The van der Waals surface area contributed by atoms with Crippen molar-refractivity contribution in [2.24, 2.45) is 0 Å². The molecule has 4 N–H and O–H groups in total. The van der Waals surface area contributed by atoms with E-state index in [0.717, 1.165) is 70.4 Å². The van der Waals surface area contributed by atoms with Crippen LogP contribution in [0.25, 0.3) is 44.7 Å². The van der Waals surface area contributed by atoms with Gasteiger partial charge in [-0.15, -0.1) is 0 Å². The normalized spacial score (nSPS) is 18.0. The van der Waals surface area contributed by atoms with E-state index in [1.54, 1.807) is 36.0 Å². The average Bonchev–Trinajstić information content (AvgIpc) is 4.03. The summed E-state index contributed by atoms with van der Waals surface area (Å²) in [6.45, 7) is 4.48. The van der Waals surface area contributed by atoms with Crippen molar-refractivity contribution in [2.45, 2.75) is 63.7 Å². The molecular formula is C39H43N9O6. The molecule has 0 aliphatic carbocycles. The highest BCUT2D eigenvalue weighted by molar-refractivity contribution is 5.87. The largest absolute Gasteiger partial charge is 0.453 e. The predicted molar refractivity (Wildman–Crippen MR) is 200 cm³/mol. The summed E-state index contributed by atoms with van der Waals surface area (Å²) in [4.78, 5) is 74.1. The number of pyridine rings is 1. The van der Waals surface area contributed by atoms with Crippen molar-refractivity contribution in [3.63, 3.8) is 0 Å². The van der Waals surface area contributed by atoms with E-state index in [4.69, 9.17) is 4.98 Å². The Labute approximate surface area is 311 Å². The van der Waals surface area contributed by atoms with Crippen LogP contribution in [0.2, 0.25) is 0 Å². The summed E-state index contributed by atoms with van der Waals surface area (Å²) in [6, 6.07) is 16.4. The Morgan fingerprint density at radius 3 is 1.74 bits per heavy atom. The van der Waals surface area contributed by atoms with Gasteiger partial charge in [0.05, 0.1) is 61.3 Å². The lowest BCUT2D eigenvalue weighted by atomic mass is 10.0. The molecular weight excluding hydrogens is 690 g/mol. The number of nitrogens with zero attached hydrogens (tertiary/aromatic N) is 5. The van der Waals surface area contributed by atoms with Crippen LogP contribution in [0.3, 0.4) is 0 Å². The Morgan fingerprint density at radius 1 is 0.704 bits per heavy atom. The lowest BCUT2D eigenvalue weighted by molar-refractivity contribution is -0.134. The number of H-pyrrole nitrogens is 2. The zero-order valence-electron chi connectivity index (χ0n) is 30.6. The van der Waals surface area contributed by atoms with Crippen molar-refractivity contribution in [1.29, 1.82) is 0 Å². The van der Waals surface area contributed by atoms with Gasteiger partial charge in [0, 0.05) is 29.6 Å². The maximum absolute atomic E-state index is 13.1. The van der Waals surface area contributed by atoms with Gasteiger partial charge in [0.2, 0.25) is 11.8 Å². The summed E-state index contributed by atoms with van der Waals surface area (Å²) in [6.07, 6.45) is 5.53. The minimum atomic E-state index is -0.713. The van der Waals surface area contributed by atoms with Crippen LogP contribution in [-0.4, -0.2) is 98.1 Å². The zero-order valence-corrected chi connectivity index (χ0v) is 30.6. The molecule has 15 heteroatoms. The number of ether oxygens (including phenoxy) is 2. The van der Waals surface area contributed by atoms with Crippen molar-refractivity contribution < 1.29 is 28.7 Å². The van der Waals surface area contributed by atoms with Crippen molar-refractivity contribution in [3.8, 4) is 33.8 Å². The number of amides is 4. The molecule has 15 nitrogen and oxygen atoms in total. The first kappa shape index (κ1) is 36.1. The Kier molecular flexibility index (Phi) is 10.3. The molecule has 2 aliphatic rings. The molecule has 2 aromatic carbocycles. The molecule has 2 saturated heterocycles. The molecule has 0 radical (unpaired) electrons. The third-order valence-electron chi connectivity index (χ3n) is 10.2. The van der Waals surface area contributed by atoms with Gasteiger partial charge in [0.1, 0.15) is 23.7 Å². The number of likely N-dealkylation sites (tertiary alicyclic amines) is 2. The van der Waals surface area contributed by atoms with Crippen molar-refractivity contribution in [3.05, 3.63) is 78.6 Å². The van der Waals surface area contributed by atoms with E-state index < -0.39 is 24.3 Å². The maximum Gasteiger partial charge on any atom is 0.407 e. The maximum atomic E-state index is 13.1. The minimum Gasteiger partial charge on any atom is -0.453 e. The highest BCUT2D eigenvalue weighted by Gasteiger charge is 2.36. The van der Waals surface area contributed by atoms with Gasteiger partial charge in [-0.25, -0.2) is 24.5 Å². The van der Waals surface area contributed by atoms with E-state index in [2.05, 4.69) is 52.2 Å². The van der Waals surface area contributed by atoms with E-state index >= 15 is 0 Å². The number of aromatic nitrogens is 5. The second-order valence-electron chi connectivity index (χ2n) is 13.6. The quantitative estimate of drug-likeness (QED) is 0.152. The fourth-order valence-corrected chi connectivity index (χ4v) is 7.30. The molecule has 2 fully saturated rings. The molecule has 0 spiro atoms. The Hall–Kier alpha value is -6.25. The summed E-state index contributed by atoms with van der Waals surface area (Å²) >= 11 is 0. The first-order chi connectivity index (χ1) is 26.1. The number of imidazole rings is 2. The van der Waals surface area contributed by atoms with Crippen LogP contribution in [0.4, 0.5) is 9.59 Å². The number of aromatic amines is 2. The van der Waals surface area contributed by atoms with Gasteiger partial charge in [0.15, 0.2) is 0 Å². The molecule has 0 bridgehead atoms. The fourth-order valence-electron chi connectivity index (χ4n) is 7.30. The summed E-state index contributed by atoms with van der Waals surface area (Å²) in [5.41, 5.74) is 6.25. The highest BCUT2D eigenvalue weighted by atomic mass is 16.5. The van der Waals surface area contributed by atoms with Crippen LogP contribution in [0, 0.1) is 0 Å². The molecule has 4 atom stereocenters. The lowest BCUT2D eigenvalue weighted by Crippen LogP contribution is -2.46. The van der Waals surface area contributed by atoms with Gasteiger partial charge in [0.25, 0.3) is 0 Å². The van der Waals surface area contributed by atoms with Gasteiger partial charge in [-0.05, 0) is 63.3 Å². The molecule has 3 aromatic heterocycles. The Morgan fingerprint density at radius 2 is 1.20 bits per heavy atom. The van der Waals surface area contributed by atoms with E-state index in [9.17, 15) is 19.2 Å².